The van der Waals surface area contributed by atoms with E-state index in [2.05, 4.69) is 18.7 Å². The summed E-state index contributed by atoms with van der Waals surface area (Å²) in [6, 6.07) is 0.592. The third-order valence-corrected chi connectivity index (χ3v) is 2.84. The van der Waals surface area contributed by atoms with Crippen molar-refractivity contribution < 1.29 is 4.79 Å². The van der Waals surface area contributed by atoms with Crippen LogP contribution < -0.4 is 5.73 Å². The summed E-state index contributed by atoms with van der Waals surface area (Å²) >= 11 is 0. The number of rotatable bonds is 3. The molecule has 1 saturated heterocycles. The van der Waals surface area contributed by atoms with E-state index in [9.17, 15) is 4.79 Å². The van der Waals surface area contributed by atoms with Crippen LogP contribution in [0.1, 0.15) is 26.7 Å². The fourth-order valence-corrected chi connectivity index (χ4v) is 1.68. The number of carbonyl (C=O) groups excluding carboxylic acids is 1. The molecule has 12 heavy (non-hydrogen) atoms. The van der Waals surface area contributed by atoms with Gasteiger partial charge in [0.2, 0.25) is 5.91 Å². The number of likely N-dealkylation sites (tertiary alicyclic amines) is 1. The molecule has 1 fully saturated rings. The lowest BCUT2D eigenvalue weighted by atomic mass is 10.1. The average molecular weight is 170 g/mol. The van der Waals surface area contributed by atoms with Crippen molar-refractivity contribution in [2.75, 3.05) is 13.1 Å². The van der Waals surface area contributed by atoms with Gasteiger partial charge in [-0.2, -0.15) is 0 Å². The topological polar surface area (TPSA) is 46.3 Å². The molecule has 0 bridgehead atoms. The molecule has 0 aliphatic carbocycles. The maximum atomic E-state index is 10.9. The van der Waals surface area contributed by atoms with Gasteiger partial charge in [0, 0.05) is 12.6 Å². The van der Waals surface area contributed by atoms with E-state index < -0.39 is 0 Å². The Kier molecular flexibility index (Phi) is 3.09. The van der Waals surface area contributed by atoms with Gasteiger partial charge in [-0.05, 0) is 26.3 Å². The van der Waals surface area contributed by atoms with Crippen LogP contribution in [-0.2, 0) is 4.79 Å². The predicted octanol–water partition coefficient (Wildman–Crippen LogP) is 0.592. The Labute approximate surface area is 73.9 Å². The summed E-state index contributed by atoms with van der Waals surface area (Å²) in [5.41, 5.74) is 5.24. The monoisotopic (exact) mass is 170 g/mol. The molecule has 0 aromatic heterocycles. The number of nitrogens with two attached hydrogens (primary N) is 1. The smallest absolute Gasteiger partial charge is 0.221 e. The Balaban J connectivity index is 2.40. The maximum Gasteiger partial charge on any atom is 0.221 e. The number of hydrogen-bond donors (Lipinski definition) is 1. The van der Waals surface area contributed by atoms with Gasteiger partial charge in [0.1, 0.15) is 0 Å². The van der Waals surface area contributed by atoms with Crippen LogP contribution >= 0.6 is 0 Å². The molecule has 1 rings (SSSR count). The summed E-state index contributed by atoms with van der Waals surface area (Å²) in [4.78, 5) is 13.2. The Hall–Kier alpha value is -0.570. The zero-order valence-electron chi connectivity index (χ0n) is 7.92. The molecule has 1 aliphatic heterocycles. The third-order valence-electron chi connectivity index (χ3n) is 2.84. The lowest BCUT2D eigenvalue weighted by Crippen LogP contribution is -2.32. The van der Waals surface area contributed by atoms with Crippen molar-refractivity contribution in [1.29, 1.82) is 0 Å². The first-order valence-electron chi connectivity index (χ1n) is 4.68. The Morgan fingerprint density at radius 2 is 2.42 bits per heavy atom. The zero-order chi connectivity index (χ0) is 9.14. The van der Waals surface area contributed by atoms with Crippen molar-refractivity contribution in [3.63, 3.8) is 0 Å². The number of carbonyl (C=O) groups is 1. The van der Waals surface area contributed by atoms with Gasteiger partial charge in [0.15, 0.2) is 0 Å². The SMILES string of the molecule is CCC(C)N1CCC(C(N)=O)C1. The van der Waals surface area contributed by atoms with E-state index in [0.29, 0.717) is 6.04 Å². The van der Waals surface area contributed by atoms with Crippen LogP contribution in [0.5, 0.6) is 0 Å². The van der Waals surface area contributed by atoms with Crippen molar-refractivity contribution in [1.82, 2.24) is 4.90 Å². The molecule has 2 N–H and O–H groups in total. The molecule has 2 atom stereocenters. The van der Waals surface area contributed by atoms with Gasteiger partial charge in [-0.25, -0.2) is 0 Å². The van der Waals surface area contributed by atoms with Gasteiger partial charge in [-0.15, -0.1) is 0 Å². The first-order chi connectivity index (χ1) is 5.65. The summed E-state index contributed by atoms with van der Waals surface area (Å²) in [5.74, 6) is -0.0418. The van der Waals surface area contributed by atoms with Crippen LogP contribution in [0.3, 0.4) is 0 Å². The second-order valence-electron chi connectivity index (χ2n) is 3.64. The van der Waals surface area contributed by atoms with Gasteiger partial charge in [0.25, 0.3) is 0 Å². The first kappa shape index (κ1) is 9.52. The second kappa shape index (κ2) is 3.90. The molecule has 0 spiro atoms. The molecule has 2 unspecified atom stereocenters. The normalized spacial score (nSPS) is 27.3. The number of amides is 1. The van der Waals surface area contributed by atoms with E-state index in [-0.39, 0.29) is 11.8 Å². The van der Waals surface area contributed by atoms with Crippen molar-refractivity contribution in [2.24, 2.45) is 11.7 Å². The van der Waals surface area contributed by atoms with Crippen molar-refractivity contribution in [3.8, 4) is 0 Å². The minimum absolute atomic E-state index is 0.0963. The minimum atomic E-state index is -0.138. The largest absolute Gasteiger partial charge is 0.369 e. The molecule has 1 aliphatic rings. The van der Waals surface area contributed by atoms with Crippen LogP contribution in [0.25, 0.3) is 0 Å². The molecule has 3 nitrogen and oxygen atoms in total. The lowest BCUT2D eigenvalue weighted by Gasteiger charge is -2.22. The Bertz CT molecular complexity index is 170. The number of nitrogens with zero attached hydrogens (tertiary/aromatic N) is 1. The third kappa shape index (κ3) is 1.97. The van der Waals surface area contributed by atoms with Crippen molar-refractivity contribution >= 4 is 5.91 Å². The highest BCUT2D eigenvalue weighted by atomic mass is 16.1. The van der Waals surface area contributed by atoms with Crippen LogP contribution in [0.2, 0.25) is 0 Å². The van der Waals surface area contributed by atoms with Crippen LogP contribution in [-0.4, -0.2) is 29.9 Å². The predicted molar refractivity (Wildman–Crippen MR) is 48.6 cm³/mol. The molecular formula is C9H18N2O. The van der Waals surface area contributed by atoms with Crippen molar-refractivity contribution in [2.45, 2.75) is 32.7 Å². The quantitative estimate of drug-likeness (QED) is 0.674. The molecule has 0 saturated carbocycles. The fraction of sp³-hybridized carbons (Fsp3) is 0.889. The van der Waals surface area contributed by atoms with Gasteiger partial charge < -0.3 is 5.73 Å². The summed E-state index contributed by atoms with van der Waals surface area (Å²) in [6.45, 7) is 6.26. The Morgan fingerprint density at radius 1 is 1.75 bits per heavy atom. The lowest BCUT2D eigenvalue weighted by molar-refractivity contribution is -0.121. The van der Waals surface area contributed by atoms with E-state index >= 15 is 0 Å². The first-order valence-corrected chi connectivity index (χ1v) is 4.68. The summed E-state index contributed by atoms with van der Waals surface area (Å²) in [7, 11) is 0. The minimum Gasteiger partial charge on any atom is -0.369 e. The van der Waals surface area contributed by atoms with E-state index in [1.165, 1.54) is 0 Å². The molecule has 1 heterocycles. The van der Waals surface area contributed by atoms with Gasteiger partial charge >= 0.3 is 0 Å². The highest BCUT2D eigenvalue weighted by molar-refractivity contribution is 5.77. The maximum absolute atomic E-state index is 10.9. The number of hydrogen-bond acceptors (Lipinski definition) is 2. The number of primary amides is 1. The summed E-state index contributed by atoms with van der Waals surface area (Å²) in [5, 5.41) is 0. The van der Waals surface area contributed by atoms with Gasteiger partial charge in [-0.1, -0.05) is 6.92 Å². The van der Waals surface area contributed by atoms with Crippen LogP contribution in [0, 0.1) is 5.92 Å². The molecule has 70 valence electrons. The van der Waals surface area contributed by atoms with Gasteiger partial charge in [0.05, 0.1) is 5.92 Å². The molecule has 0 radical (unpaired) electrons. The van der Waals surface area contributed by atoms with E-state index in [0.717, 1.165) is 25.9 Å². The highest BCUT2D eigenvalue weighted by Gasteiger charge is 2.28. The van der Waals surface area contributed by atoms with E-state index in [1.807, 2.05) is 0 Å². The second-order valence-corrected chi connectivity index (χ2v) is 3.64. The highest BCUT2D eigenvalue weighted by Crippen LogP contribution is 2.18. The van der Waals surface area contributed by atoms with Crippen LogP contribution in [0.4, 0.5) is 0 Å². The zero-order valence-corrected chi connectivity index (χ0v) is 7.92. The van der Waals surface area contributed by atoms with Crippen molar-refractivity contribution in [3.05, 3.63) is 0 Å². The average Bonchev–Trinajstić information content (AvgIpc) is 2.51. The van der Waals surface area contributed by atoms with E-state index in [1.54, 1.807) is 0 Å². The Morgan fingerprint density at radius 3 is 2.83 bits per heavy atom. The fourth-order valence-electron chi connectivity index (χ4n) is 1.68. The molecule has 0 aromatic carbocycles. The van der Waals surface area contributed by atoms with Crippen LogP contribution in [0.15, 0.2) is 0 Å². The standard InChI is InChI=1S/C9H18N2O/c1-3-7(2)11-5-4-8(6-11)9(10)12/h7-8H,3-6H2,1-2H3,(H2,10,12). The van der Waals surface area contributed by atoms with Gasteiger partial charge in [-0.3, -0.25) is 9.69 Å². The summed E-state index contributed by atoms with van der Waals surface area (Å²) in [6.07, 6.45) is 2.09. The summed E-state index contributed by atoms with van der Waals surface area (Å²) < 4.78 is 0. The molecule has 3 heteroatoms. The molecule has 1 amide bonds. The van der Waals surface area contributed by atoms with E-state index in [4.69, 9.17) is 5.73 Å². The molecular weight excluding hydrogens is 152 g/mol. The molecule has 0 aromatic rings.